The molecule has 1 spiro atoms. The minimum absolute atomic E-state index is 0.256. The molecule has 0 amide bonds. The average Bonchev–Trinajstić information content (AvgIpc) is 2.79. The fourth-order valence-electron chi connectivity index (χ4n) is 4.27. The highest BCUT2D eigenvalue weighted by Gasteiger charge is 2.61. The summed E-state index contributed by atoms with van der Waals surface area (Å²) in [5, 5.41) is 0. The first-order valence-corrected chi connectivity index (χ1v) is 5.80. The number of rotatable bonds is 0. The molecule has 4 aliphatic rings. The van der Waals surface area contributed by atoms with Crippen molar-refractivity contribution in [1.29, 1.82) is 0 Å². The van der Waals surface area contributed by atoms with Gasteiger partial charge in [0.1, 0.15) is 5.72 Å². The average molecular weight is 179 g/mol. The Balaban J connectivity index is 1.72. The predicted molar refractivity (Wildman–Crippen MR) is 49.2 cm³/mol. The standard InChI is InChI=1S/C11H17NO/c1-2-10-5-9(1)11(13-10)6-8-3-4-12(11)7-8/h8-10H,1-7H2. The van der Waals surface area contributed by atoms with Gasteiger partial charge < -0.3 is 4.74 Å². The summed E-state index contributed by atoms with van der Waals surface area (Å²) in [6.07, 6.45) is 7.56. The molecule has 3 heterocycles. The van der Waals surface area contributed by atoms with E-state index in [9.17, 15) is 0 Å². The normalized spacial score (nSPS) is 62.8. The lowest BCUT2D eigenvalue weighted by atomic mass is 9.87. The molecule has 4 fully saturated rings. The first kappa shape index (κ1) is 7.24. The highest BCUT2D eigenvalue weighted by molar-refractivity contribution is 5.07. The zero-order valence-electron chi connectivity index (χ0n) is 8.04. The van der Waals surface area contributed by atoms with Crippen molar-refractivity contribution in [3.05, 3.63) is 0 Å². The lowest BCUT2D eigenvalue weighted by molar-refractivity contribution is -0.171. The number of nitrogens with zero attached hydrogens (tertiary/aromatic N) is 1. The molecule has 0 aromatic carbocycles. The van der Waals surface area contributed by atoms with Crippen LogP contribution in [0.2, 0.25) is 0 Å². The Morgan fingerprint density at radius 3 is 2.77 bits per heavy atom. The van der Waals surface area contributed by atoms with Gasteiger partial charge in [0, 0.05) is 19.0 Å². The van der Waals surface area contributed by atoms with Gasteiger partial charge in [-0.25, -0.2) is 0 Å². The maximum Gasteiger partial charge on any atom is 0.125 e. The summed E-state index contributed by atoms with van der Waals surface area (Å²) in [4.78, 5) is 2.65. The Hall–Kier alpha value is -0.0800. The van der Waals surface area contributed by atoms with Crippen LogP contribution in [0.1, 0.15) is 32.1 Å². The lowest BCUT2D eigenvalue weighted by Gasteiger charge is -2.42. The van der Waals surface area contributed by atoms with Gasteiger partial charge in [-0.1, -0.05) is 0 Å². The number of fused-ring (bicyclic) bond motifs is 6. The predicted octanol–water partition coefficient (Wildman–Crippen LogP) is 1.61. The Labute approximate surface area is 79.2 Å². The van der Waals surface area contributed by atoms with E-state index in [1.165, 1.54) is 45.2 Å². The van der Waals surface area contributed by atoms with Gasteiger partial charge in [-0.3, -0.25) is 4.90 Å². The topological polar surface area (TPSA) is 12.5 Å². The summed E-state index contributed by atoms with van der Waals surface area (Å²) in [6.45, 7) is 2.65. The molecule has 0 radical (unpaired) electrons. The number of piperidine rings is 1. The molecular weight excluding hydrogens is 162 g/mol. The molecule has 13 heavy (non-hydrogen) atoms. The second kappa shape index (κ2) is 2.12. The van der Waals surface area contributed by atoms with E-state index in [4.69, 9.17) is 4.74 Å². The highest BCUT2D eigenvalue weighted by Crippen LogP contribution is 2.56. The van der Waals surface area contributed by atoms with Crippen LogP contribution < -0.4 is 0 Å². The van der Waals surface area contributed by atoms with Crippen molar-refractivity contribution in [2.75, 3.05) is 13.1 Å². The third-order valence-corrected chi connectivity index (χ3v) is 4.80. The Morgan fingerprint density at radius 2 is 2.23 bits per heavy atom. The second-order valence-corrected chi connectivity index (χ2v) is 5.40. The summed E-state index contributed by atoms with van der Waals surface area (Å²) in [5.74, 6) is 1.86. The minimum atomic E-state index is 0.256. The fourth-order valence-corrected chi connectivity index (χ4v) is 4.27. The molecule has 3 saturated heterocycles. The van der Waals surface area contributed by atoms with Crippen LogP contribution in [0.3, 0.4) is 0 Å². The first-order valence-electron chi connectivity index (χ1n) is 5.80. The zero-order chi connectivity index (χ0) is 8.47. The van der Waals surface area contributed by atoms with Crippen LogP contribution in [0, 0.1) is 11.8 Å². The van der Waals surface area contributed by atoms with Gasteiger partial charge in [0.25, 0.3) is 0 Å². The van der Waals surface area contributed by atoms with Gasteiger partial charge in [-0.15, -0.1) is 0 Å². The van der Waals surface area contributed by atoms with Crippen LogP contribution in [0.25, 0.3) is 0 Å². The van der Waals surface area contributed by atoms with Crippen LogP contribution in [-0.2, 0) is 4.74 Å². The van der Waals surface area contributed by atoms with Crippen molar-refractivity contribution in [2.45, 2.75) is 43.9 Å². The quantitative estimate of drug-likeness (QED) is 0.560. The molecule has 1 saturated carbocycles. The number of hydrogen-bond donors (Lipinski definition) is 0. The zero-order valence-corrected chi connectivity index (χ0v) is 8.04. The third kappa shape index (κ3) is 0.736. The van der Waals surface area contributed by atoms with Crippen molar-refractivity contribution in [2.24, 2.45) is 11.8 Å². The molecular formula is C11H17NO. The van der Waals surface area contributed by atoms with Gasteiger partial charge in [0.15, 0.2) is 0 Å². The molecule has 4 bridgehead atoms. The van der Waals surface area contributed by atoms with Crippen molar-refractivity contribution in [1.82, 2.24) is 4.90 Å². The lowest BCUT2D eigenvalue weighted by Crippen LogP contribution is -2.50. The molecule has 1 aliphatic carbocycles. The van der Waals surface area contributed by atoms with Crippen LogP contribution in [0.15, 0.2) is 0 Å². The summed E-state index contributed by atoms with van der Waals surface area (Å²) in [5.41, 5.74) is 0.256. The molecule has 4 rings (SSSR count). The van der Waals surface area contributed by atoms with Gasteiger partial charge in [-0.05, 0) is 38.0 Å². The number of hydrogen-bond acceptors (Lipinski definition) is 2. The molecule has 72 valence electrons. The molecule has 5 atom stereocenters. The van der Waals surface area contributed by atoms with Crippen molar-refractivity contribution < 1.29 is 4.74 Å². The van der Waals surface area contributed by atoms with E-state index < -0.39 is 0 Å². The van der Waals surface area contributed by atoms with Crippen molar-refractivity contribution >= 4 is 0 Å². The smallest absolute Gasteiger partial charge is 0.125 e. The van der Waals surface area contributed by atoms with Crippen LogP contribution in [0.4, 0.5) is 0 Å². The molecule has 3 aliphatic heterocycles. The molecule has 0 aromatic rings. The molecule has 0 aromatic heterocycles. The first-order chi connectivity index (χ1) is 6.37. The maximum absolute atomic E-state index is 6.27. The summed E-state index contributed by atoms with van der Waals surface area (Å²) < 4.78 is 6.27. The third-order valence-electron chi connectivity index (χ3n) is 4.80. The Morgan fingerprint density at radius 1 is 1.23 bits per heavy atom. The van der Waals surface area contributed by atoms with E-state index in [1.54, 1.807) is 0 Å². The van der Waals surface area contributed by atoms with Crippen LogP contribution >= 0.6 is 0 Å². The SMILES string of the molecule is C1CN2CC1CC21OC2CCC1C2. The Bertz CT molecular complexity index is 226. The largest absolute Gasteiger partial charge is 0.357 e. The van der Waals surface area contributed by atoms with Crippen LogP contribution in [0.5, 0.6) is 0 Å². The number of ether oxygens (including phenoxy) is 1. The van der Waals surface area contributed by atoms with E-state index in [0.29, 0.717) is 6.10 Å². The molecule has 2 heteroatoms. The second-order valence-electron chi connectivity index (χ2n) is 5.40. The highest BCUT2D eigenvalue weighted by atomic mass is 16.5. The maximum atomic E-state index is 6.27. The van der Waals surface area contributed by atoms with Gasteiger partial charge >= 0.3 is 0 Å². The summed E-state index contributed by atoms with van der Waals surface area (Å²) in [7, 11) is 0. The van der Waals surface area contributed by atoms with E-state index in [0.717, 1.165) is 11.8 Å². The molecule has 0 N–H and O–H groups in total. The van der Waals surface area contributed by atoms with Gasteiger partial charge in [0.2, 0.25) is 0 Å². The van der Waals surface area contributed by atoms with Crippen molar-refractivity contribution in [3.63, 3.8) is 0 Å². The fraction of sp³-hybridized carbons (Fsp3) is 1.00. The van der Waals surface area contributed by atoms with Gasteiger partial charge in [-0.2, -0.15) is 0 Å². The van der Waals surface area contributed by atoms with Crippen molar-refractivity contribution in [3.8, 4) is 0 Å². The van der Waals surface area contributed by atoms with E-state index in [2.05, 4.69) is 4.90 Å². The van der Waals surface area contributed by atoms with E-state index >= 15 is 0 Å². The molecule has 5 unspecified atom stereocenters. The summed E-state index contributed by atoms with van der Waals surface area (Å²) in [6, 6.07) is 0. The Kier molecular flexibility index (Phi) is 1.18. The monoisotopic (exact) mass is 179 g/mol. The minimum Gasteiger partial charge on any atom is -0.357 e. The van der Waals surface area contributed by atoms with E-state index in [-0.39, 0.29) is 5.72 Å². The van der Waals surface area contributed by atoms with E-state index in [1.807, 2.05) is 0 Å². The molecule has 2 nitrogen and oxygen atoms in total. The van der Waals surface area contributed by atoms with Crippen LogP contribution in [-0.4, -0.2) is 29.8 Å². The summed E-state index contributed by atoms with van der Waals surface area (Å²) >= 11 is 0. The van der Waals surface area contributed by atoms with Gasteiger partial charge in [0.05, 0.1) is 6.10 Å².